The van der Waals surface area contributed by atoms with Crippen LogP contribution >= 0.6 is 11.6 Å². The smallest absolute Gasteiger partial charge is 0.324 e. The molecule has 1 aliphatic heterocycles. The second-order valence-electron chi connectivity index (χ2n) is 5.26. The quantitative estimate of drug-likeness (QED) is 0.838. The first-order chi connectivity index (χ1) is 11.5. The normalized spacial score (nSPS) is 13.8. The van der Waals surface area contributed by atoms with Gasteiger partial charge in [0, 0.05) is 16.3 Å². The minimum Gasteiger partial charge on any atom is -0.329 e. The van der Waals surface area contributed by atoms with Gasteiger partial charge in [0.15, 0.2) is 0 Å². The van der Waals surface area contributed by atoms with Crippen molar-refractivity contribution in [2.24, 2.45) is 0 Å². The molecular formula is C17H14ClN3O3. The molecule has 6 nitrogen and oxygen atoms in total. The fourth-order valence-corrected chi connectivity index (χ4v) is 2.62. The molecule has 0 unspecified atom stereocenters. The zero-order valence-corrected chi connectivity index (χ0v) is 13.3. The third kappa shape index (κ3) is 3.38. The molecule has 0 radical (unpaired) electrons. The van der Waals surface area contributed by atoms with E-state index in [-0.39, 0.29) is 24.9 Å². The minimum atomic E-state index is -0.454. The minimum absolute atomic E-state index is 0.0181. The average Bonchev–Trinajstić information content (AvgIpc) is 2.87. The van der Waals surface area contributed by atoms with E-state index in [1.54, 1.807) is 48.5 Å². The molecule has 1 saturated heterocycles. The van der Waals surface area contributed by atoms with Crippen LogP contribution in [0.4, 0.5) is 10.5 Å². The van der Waals surface area contributed by atoms with Crippen molar-refractivity contribution in [1.82, 2.24) is 10.2 Å². The largest absolute Gasteiger partial charge is 0.329 e. The van der Waals surface area contributed by atoms with E-state index in [9.17, 15) is 14.4 Å². The van der Waals surface area contributed by atoms with Crippen LogP contribution in [0, 0.1) is 0 Å². The van der Waals surface area contributed by atoms with Crippen molar-refractivity contribution in [3.63, 3.8) is 0 Å². The van der Waals surface area contributed by atoms with Crippen molar-refractivity contribution in [2.45, 2.75) is 6.54 Å². The first-order valence-electron chi connectivity index (χ1n) is 7.27. The Balaban J connectivity index is 1.82. The van der Waals surface area contributed by atoms with Crippen molar-refractivity contribution in [3.05, 3.63) is 64.7 Å². The summed E-state index contributed by atoms with van der Waals surface area (Å²) in [6, 6.07) is 13.2. The molecule has 2 aromatic rings. The molecule has 0 atom stereocenters. The zero-order valence-electron chi connectivity index (χ0n) is 12.6. The molecule has 0 bridgehead atoms. The van der Waals surface area contributed by atoms with E-state index in [2.05, 4.69) is 10.6 Å². The summed E-state index contributed by atoms with van der Waals surface area (Å²) in [7, 11) is 0. The lowest BCUT2D eigenvalue weighted by molar-refractivity contribution is -0.125. The third-order valence-corrected chi connectivity index (χ3v) is 3.85. The lowest BCUT2D eigenvalue weighted by Crippen LogP contribution is -2.31. The van der Waals surface area contributed by atoms with E-state index in [0.717, 1.165) is 4.90 Å². The highest BCUT2D eigenvalue weighted by atomic mass is 35.5. The van der Waals surface area contributed by atoms with E-state index < -0.39 is 6.03 Å². The van der Waals surface area contributed by atoms with E-state index in [0.29, 0.717) is 21.8 Å². The summed E-state index contributed by atoms with van der Waals surface area (Å²) in [4.78, 5) is 37.0. The van der Waals surface area contributed by atoms with Crippen molar-refractivity contribution >= 4 is 35.1 Å². The summed E-state index contributed by atoms with van der Waals surface area (Å²) < 4.78 is 0. The topological polar surface area (TPSA) is 78.5 Å². The number of hydrogen-bond acceptors (Lipinski definition) is 3. The maximum absolute atomic E-state index is 12.5. The fraction of sp³-hybridized carbons (Fsp3) is 0.118. The summed E-state index contributed by atoms with van der Waals surface area (Å²) in [5.41, 5.74) is 1.55. The van der Waals surface area contributed by atoms with Crippen LogP contribution in [0.25, 0.3) is 0 Å². The van der Waals surface area contributed by atoms with Gasteiger partial charge in [-0.2, -0.15) is 0 Å². The highest BCUT2D eigenvalue weighted by Gasteiger charge is 2.29. The second-order valence-corrected chi connectivity index (χ2v) is 5.70. The Morgan fingerprint density at radius 1 is 1.17 bits per heavy atom. The van der Waals surface area contributed by atoms with E-state index in [1.165, 1.54) is 0 Å². The Morgan fingerprint density at radius 3 is 2.67 bits per heavy atom. The van der Waals surface area contributed by atoms with E-state index in [1.807, 2.05) is 0 Å². The van der Waals surface area contributed by atoms with Gasteiger partial charge in [-0.25, -0.2) is 4.79 Å². The van der Waals surface area contributed by atoms with Crippen molar-refractivity contribution < 1.29 is 14.4 Å². The number of carbonyl (C=O) groups excluding carboxylic acids is 3. The van der Waals surface area contributed by atoms with Crippen LogP contribution in [-0.4, -0.2) is 29.3 Å². The molecule has 2 N–H and O–H groups in total. The van der Waals surface area contributed by atoms with Gasteiger partial charge in [0.2, 0.25) is 5.91 Å². The Morgan fingerprint density at radius 2 is 1.96 bits per heavy atom. The maximum Gasteiger partial charge on any atom is 0.324 e. The average molecular weight is 344 g/mol. The number of urea groups is 1. The lowest BCUT2D eigenvalue weighted by Gasteiger charge is -2.15. The number of anilines is 1. The number of benzene rings is 2. The van der Waals surface area contributed by atoms with Crippen molar-refractivity contribution in [1.29, 1.82) is 0 Å². The van der Waals surface area contributed by atoms with Crippen LogP contribution in [0.5, 0.6) is 0 Å². The summed E-state index contributed by atoms with van der Waals surface area (Å²) in [5, 5.41) is 5.73. The second kappa shape index (κ2) is 6.72. The van der Waals surface area contributed by atoms with Crippen LogP contribution in [0.1, 0.15) is 15.9 Å². The number of nitrogens with zero attached hydrogens (tertiary/aromatic N) is 1. The van der Waals surface area contributed by atoms with Crippen LogP contribution in [0.2, 0.25) is 5.02 Å². The van der Waals surface area contributed by atoms with Crippen LogP contribution in [0.3, 0.4) is 0 Å². The molecule has 1 fully saturated rings. The van der Waals surface area contributed by atoms with Gasteiger partial charge in [0.25, 0.3) is 5.91 Å². The lowest BCUT2D eigenvalue weighted by atomic mass is 10.1. The third-order valence-electron chi connectivity index (χ3n) is 3.61. The number of nitrogens with one attached hydrogen (secondary N) is 2. The Kier molecular flexibility index (Phi) is 4.48. The molecule has 0 saturated carbocycles. The van der Waals surface area contributed by atoms with Gasteiger partial charge in [-0.15, -0.1) is 0 Å². The molecule has 2 aromatic carbocycles. The summed E-state index contributed by atoms with van der Waals surface area (Å²) >= 11 is 5.91. The summed E-state index contributed by atoms with van der Waals surface area (Å²) in [5.74, 6) is -0.648. The zero-order chi connectivity index (χ0) is 17.1. The van der Waals surface area contributed by atoms with Crippen LogP contribution in [0.15, 0.2) is 48.5 Å². The van der Waals surface area contributed by atoms with Crippen LogP contribution in [-0.2, 0) is 11.3 Å². The molecule has 1 aliphatic rings. The highest BCUT2D eigenvalue weighted by Crippen LogP contribution is 2.18. The van der Waals surface area contributed by atoms with Crippen LogP contribution < -0.4 is 10.6 Å². The number of hydrogen-bond donors (Lipinski definition) is 2. The first kappa shape index (κ1) is 16.0. The Bertz CT molecular complexity index is 806. The molecule has 24 heavy (non-hydrogen) atoms. The number of halogens is 1. The molecule has 1 heterocycles. The molecule has 122 valence electrons. The van der Waals surface area contributed by atoms with Gasteiger partial charge >= 0.3 is 6.03 Å². The van der Waals surface area contributed by atoms with Crippen molar-refractivity contribution in [2.75, 3.05) is 11.9 Å². The predicted molar refractivity (Wildman–Crippen MR) is 89.8 cm³/mol. The number of rotatable bonds is 4. The number of imide groups is 1. The standard InChI is InChI=1S/C17H14ClN3O3/c18-12-5-3-6-13(8-12)20-16(23)14-7-2-1-4-11(14)10-21-15(22)9-19-17(21)24/h1-8H,9-10H2,(H,19,24)(H,20,23). The van der Waals surface area contributed by atoms with Gasteiger partial charge in [0.05, 0.1) is 13.1 Å². The molecule has 7 heteroatoms. The van der Waals surface area contributed by atoms with Gasteiger partial charge in [0.1, 0.15) is 0 Å². The SMILES string of the molecule is O=C(Nc1cccc(Cl)c1)c1ccccc1CN1C(=O)CNC1=O. The Labute approximate surface area is 143 Å². The van der Waals surface area contributed by atoms with Crippen molar-refractivity contribution in [3.8, 4) is 0 Å². The van der Waals surface area contributed by atoms with E-state index in [4.69, 9.17) is 11.6 Å². The molecule has 3 rings (SSSR count). The van der Waals surface area contributed by atoms with Gasteiger partial charge in [-0.3, -0.25) is 14.5 Å². The predicted octanol–water partition coefficient (Wildman–Crippen LogP) is 2.64. The van der Waals surface area contributed by atoms with Gasteiger partial charge in [-0.05, 0) is 29.8 Å². The molecule has 0 aliphatic carbocycles. The van der Waals surface area contributed by atoms with Gasteiger partial charge < -0.3 is 10.6 Å². The monoisotopic (exact) mass is 343 g/mol. The Hall–Kier alpha value is -2.86. The van der Waals surface area contributed by atoms with Gasteiger partial charge in [-0.1, -0.05) is 35.9 Å². The summed E-state index contributed by atoms with van der Waals surface area (Å²) in [6.45, 7) is 0.0273. The first-order valence-corrected chi connectivity index (χ1v) is 7.65. The molecule has 0 aromatic heterocycles. The highest BCUT2D eigenvalue weighted by molar-refractivity contribution is 6.31. The molecular weight excluding hydrogens is 330 g/mol. The number of amides is 4. The summed E-state index contributed by atoms with van der Waals surface area (Å²) in [6.07, 6.45) is 0. The van der Waals surface area contributed by atoms with E-state index >= 15 is 0 Å². The maximum atomic E-state index is 12.5. The number of carbonyl (C=O) groups is 3. The molecule has 0 spiro atoms. The fourth-order valence-electron chi connectivity index (χ4n) is 2.43. The molecule has 4 amide bonds.